The lowest BCUT2D eigenvalue weighted by atomic mass is 10.1. The summed E-state index contributed by atoms with van der Waals surface area (Å²) in [6.45, 7) is 16.2. The fourth-order valence-corrected chi connectivity index (χ4v) is 5.15. The Hall–Kier alpha value is -4.46. The number of ether oxygens (including phenoxy) is 3. The van der Waals surface area contributed by atoms with Crippen LogP contribution in [0.4, 0.5) is 26.8 Å². The minimum absolute atomic E-state index is 0.126. The molecule has 3 heterocycles. The maximum absolute atomic E-state index is 13.8. The zero-order valence-electron chi connectivity index (χ0n) is 26.4. The number of carbonyl (C=O) groups is 2. The number of amides is 2. The molecule has 0 aliphatic carbocycles. The number of pyridine rings is 1. The lowest BCUT2D eigenvalue weighted by Gasteiger charge is -2.31. The van der Waals surface area contributed by atoms with Crippen molar-refractivity contribution in [3.63, 3.8) is 0 Å². The van der Waals surface area contributed by atoms with Crippen LogP contribution in [0.5, 0.6) is 5.75 Å². The summed E-state index contributed by atoms with van der Waals surface area (Å²) >= 11 is 0. The third kappa shape index (κ3) is 7.13. The zero-order valence-corrected chi connectivity index (χ0v) is 26.4. The summed E-state index contributed by atoms with van der Waals surface area (Å²) in [6.07, 6.45) is 2.29. The number of fused-ring (bicyclic) bond motifs is 1. The number of hydrogen-bond acceptors (Lipinski definition) is 8. The summed E-state index contributed by atoms with van der Waals surface area (Å²) in [5.41, 5.74) is 1.27. The molecule has 3 aromatic rings. The molecular formula is C32H42N6O5. The van der Waals surface area contributed by atoms with E-state index in [-0.39, 0.29) is 12.1 Å². The Kier molecular flexibility index (Phi) is 9.09. The summed E-state index contributed by atoms with van der Waals surface area (Å²) in [6, 6.07) is 11.1. The van der Waals surface area contributed by atoms with E-state index in [1.54, 1.807) is 66.7 Å². The van der Waals surface area contributed by atoms with Crippen molar-refractivity contribution in [2.24, 2.45) is 0 Å². The van der Waals surface area contributed by atoms with E-state index in [9.17, 15) is 14.9 Å². The zero-order chi connectivity index (χ0) is 31.5. The molecule has 1 aromatic carbocycles. The molecule has 0 radical (unpaired) electrons. The summed E-state index contributed by atoms with van der Waals surface area (Å²) in [5.74, 6) is 1.10. The minimum Gasteiger partial charge on any atom is -0.494 e. The van der Waals surface area contributed by atoms with Gasteiger partial charge in [-0.15, -0.1) is 0 Å². The molecule has 0 saturated carbocycles. The molecule has 230 valence electrons. The Morgan fingerprint density at radius 2 is 1.77 bits per heavy atom. The second-order valence-electron chi connectivity index (χ2n) is 12.5. The first kappa shape index (κ1) is 31.5. The summed E-state index contributed by atoms with van der Waals surface area (Å²) in [4.78, 5) is 30.0. The van der Waals surface area contributed by atoms with E-state index >= 15 is 0 Å². The van der Waals surface area contributed by atoms with Crippen molar-refractivity contribution in [1.29, 1.82) is 5.26 Å². The van der Waals surface area contributed by atoms with Gasteiger partial charge in [-0.05, 0) is 98.6 Å². The van der Waals surface area contributed by atoms with Gasteiger partial charge in [0.1, 0.15) is 34.4 Å². The van der Waals surface area contributed by atoms with Crippen molar-refractivity contribution in [1.82, 2.24) is 14.5 Å². The van der Waals surface area contributed by atoms with Gasteiger partial charge in [0.05, 0.1) is 35.7 Å². The van der Waals surface area contributed by atoms with Crippen LogP contribution in [-0.4, -0.2) is 63.6 Å². The molecule has 0 bridgehead atoms. The first-order valence-corrected chi connectivity index (χ1v) is 14.6. The number of anilines is 3. The number of hydrogen-bond donors (Lipinski definition) is 1. The molecule has 2 aromatic heterocycles. The van der Waals surface area contributed by atoms with Crippen LogP contribution >= 0.6 is 0 Å². The van der Waals surface area contributed by atoms with Gasteiger partial charge in [-0.25, -0.2) is 19.0 Å². The van der Waals surface area contributed by atoms with Crippen LogP contribution in [0.15, 0.2) is 36.5 Å². The number of likely N-dealkylation sites (tertiary alicyclic amines) is 1. The predicted octanol–water partition coefficient (Wildman–Crippen LogP) is 6.80. The molecule has 4 rings (SSSR count). The topological polar surface area (TPSA) is 121 Å². The molecule has 11 nitrogen and oxygen atoms in total. The highest BCUT2D eigenvalue weighted by molar-refractivity contribution is 5.98. The molecule has 1 N–H and O–H groups in total. The maximum atomic E-state index is 13.8. The molecule has 1 aliphatic rings. The number of nitriles is 1. The monoisotopic (exact) mass is 590 g/mol. The molecule has 1 aliphatic heterocycles. The largest absolute Gasteiger partial charge is 0.494 e. The summed E-state index contributed by atoms with van der Waals surface area (Å²) < 4.78 is 18.7. The molecule has 0 spiro atoms. The van der Waals surface area contributed by atoms with Gasteiger partial charge in [0.2, 0.25) is 0 Å². The van der Waals surface area contributed by atoms with Crippen LogP contribution in [0.3, 0.4) is 0 Å². The highest BCUT2D eigenvalue weighted by Crippen LogP contribution is 2.38. The minimum atomic E-state index is -0.765. The average Bonchev–Trinajstić information content (AvgIpc) is 3.58. The van der Waals surface area contributed by atoms with Crippen LogP contribution < -0.4 is 15.0 Å². The Morgan fingerprint density at radius 3 is 2.37 bits per heavy atom. The van der Waals surface area contributed by atoms with Crippen molar-refractivity contribution in [2.75, 3.05) is 29.9 Å². The van der Waals surface area contributed by atoms with Crippen molar-refractivity contribution in [3.05, 3.63) is 47.7 Å². The Morgan fingerprint density at radius 1 is 1.09 bits per heavy atom. The van der Waals surface area contributed by atoms with Crippen LogP contribution in [0.1, 0.15) is 72.4 Å². The number of rotatable bonds is 7. The highest BCUT2D eigenvalue weighted by Gasteiger charge is 2.34. The average molecular weight is 591 g/mol. The second kappa shape index (κ2) is 12.4. The molecule has 1 fully saturated rings. The van der Waals surface area contributed by atoms with Crippen molar-refractivity contribution < 1.29 is 23.8 Å². The van der Waals surface area contributed by atoms with E-state index in [2.05, 4.69) is 16.5 Å². The van der Waals surface area contributed by atoms with Crippen LogP contribution in [-0.2, 0) is 9.47 Å². The second-order valence-corrected chi connectivity index (χ2v) is 12.5. The third-order valence-corrected chi connectivity index (χ3v) is 6.89. The highest BCUT2D eigenvalue weighted by atomic mass is 16.6. The van der Waals surface area contributed by atoms with Gasteiger partial charge in [0, 0.05) is 18.7 Å². The van der Waals surface area contributed by atoms with Crippen molar-refractivity contribution >= 4 is 34.9 Å². The van der Waals surface area contributed by atoms with Gasteiger partial charge >= 0.3 is 12.2 Å². The van der Waals surface area contributed by atoms with Gasteiger partial charge in [-0.1, -0.05) is 0 Å². The molecule has 1 saturated heterocycles. The third-order valence-electron chi connectivity index (χ3n) is 6.89. The molecule has 1 unspecified atom stereocenters. The lowest BCUT2D eigenvalue weighted by molar-refractivity contribution is 0.0234. The summed E-state index contributed by atoms with van der Waals surface area (Å²) in [5, 5.41) is 18.2. The van der Waals surface area contributed by atoms with Crippen LogP contribution in [0.25, 0.3) is 5.52 Å². The van der Waals surface area contributed by atoms with Gasteiger partial charge in [-0.3, -0.25) is 0 Å². The summed E-state index contributed by atoms with van der Waals surface area (Å²) in [7, 11) is 0. The number of carbonyl (C=O) groups excluding carboxylic acids is 2. The predicted molar refractivity (Wildman–Crippen MR) is 165 cm³/mol. The maximum Gasteiger partial charge on any atom is 0.420 e. The van der Waals surface area contributed by atoms with Gasteiger partial charge in [0.15, 0.2) is 0 Å². The Balaban J connectivity index is 1.79. The Bertz CT molecular complexity index is 1510. The number of benzene rings is 1. The normalized spacial score (nSPS) is 15.2. The van der Waals surface area contributed by atoms with Crippen LogP contribution in [0.2, 0.25) is 0 Å². The van der Waals surface area contributed by atoms with E-state index in [4.69, 9.17) is 14.2 Å². The lowest BCUT2D eigenvalue weighted by Crippen LogP contribution is -2.42. The number of aromatic nitrogens is 2. The van der Waals surface area contributed by atoms with Gasteiger partial charge in [-0.2, -0.15) is 10.4 Å². The molecule has 11 heteroatoms. The standard InChI is InChI=1S/C32H42N6O5/c1-9-41-24-14-12-22(13-15-24)37(30(40)43-32(6,7)8)28-21(2)27(25(19-33)26-16-17-35-38(26)28)34-20-23-11-10-18-36(23)29(39)42-31(3,4)5/h12-17,23,34H,9-11,18,20H2,1-8H3. The van der Waals surface area contributed by atoms with E-state index in [0.29, 0.717) is 59.3 Å². The molecule has 43 heavy (non-hydrogen) atoms. The van der Waals surface area contributed by atoms with Crippen molar-refractivity contribution in [2.45, 2.75) is 85.5 Å². The van der Waals surface area contributed by atoms with Crippen molar-refractivity contribution in [3.8, 4) is 11.8 Å². The quantitative estimate of drug-likeness (QED) is 0.319. The van der Waals surface area contributed by atoms with Gasteiger partial charge in [0.25, 0.3) is 0 Å². The van der Waals surface area contributed by atoms with E-state index in [1.807, 2.05) is 34.6 Å². The first-order chi connectivity index (χ1) is 20.2. The Labute approximate surface area is 253 Å². The number of nitrogens with one attached hydrogen (secondary N) is 1. The molecular weight excluding hydrogens is 548 g/mol. The fourth-order valence-electron chi connectivity index (χ4n) is 5.15. The van der Waals surface area contributed by atoms with E-state index in [1.165, 1.54) is 4.90 Å². The fraction of sp³-hybridized carbons (Fsp3) is 0.500. The first-order valence-electron chi connectivity index (χ1n) is 14.6. The van der Waals surface area contributed by atoms with Gasteiger partial charge < -0.3 is 24.4 Å². The SMILES string of the molecule is CCOc1ccc(N(C(=O)OC(C)(C)C)c2c(C)c(NCC3CCCN3C(=O)OC(C)(C)C)c(C#N)c3ccnn23)cc1. The van der Waals surface area contributed by atoms with E-state index in [0.717, 1.165) is 12.8 Å². The van der Waals surface area contributed by atoms with Crippen LogP contribution in [0, 0.1) is 18.3 Å². The van der Waals surface area contributed by atoms with E-state index < -0.39 is 17.3 Å². The smallest absolute Gasteiger partial charge is 0.420 e. The number of nitrogens with zero attached hydrogens (tertiary/aromatic N) is 5. The molecule has 2 amide bonds. The molecule has 1 atom stereocenters.